The number of ether oxygens (including phenoxy) is 3. The lowest BCUT2D eigenvalue weighted by Crippen LogP contribution is -2.27. The van der Waals surface area contributed by atoms with Crippen molar-refractivity contribution in [2.45, 2.75) is 19.3 Å². The van der Waals surface area contributed by atoms with Crippen LogP contribution in [0, 0.1) is 0 Å². The van der Waals surface area contributed by atoms with Crippen LogP contribution in [0.15, 0.2) is 35.3 Å². The Morgan fingerprint density at radius 1 is 1.11 bits per heavy atom. The van der Waals surface area contributed by atoms with Gasteiger partial charge in [-0.1, -0.05) is 0 Å². The number of nitrogens with zero attached hydrogens (tertiary/aromatic N) is 5. The largest absolute Gasteiger partial charge is 0.493 e. The number of hydrogen-bond donors (Lipinski definition) is 2. The first-order valence-corrected chi connectivity index (χ1v) is 12.9. The molecular formula is C25H29N7O4S. The minimum Gasteiger partial charge on any atom is -0.493 e. The van der Waals surface area contributed by atoms with Gasteiger partial charge in [-0.3, -0.25) is 9.36 Å². The molecule has 11 nitrogen and oxygen atoms in total. The van der Waals surface area contributed by atoms with E-state index >= 15 is 0 Å². The molecular weight excluding hydrogens is 494 g/mol. The highest BCUT2D eigenvalue weighted by Crippen LogP contribution is 2.41. The Morgan fingerprint density at radius 2 is 1.92 bits per heavy atom. The van der Waals surface area contributed by atoms with E-state index in [-0.39, 0.29) is 5.91 Å². The van der Waals surface area contributed by atoms with E-state index in [4.69, 9.17) is 24.2 Å². The summed E-state index contributed by atoms with van der Waals surface area (Å²) in [6.45, 7) is 2.19. The summed E-state index contributed by atoms with van der Waals surface area (Å²) in [7, 11) is 4.71. The zero-order chi connectivity index (χ0) is 25.8. The van der Waals surface area contributed by atoms with Crippen LogP contribution in [0.5, 0.6) is 17.2 Å². The lowest BCUT2D eigenvalue weighted by molar-refractivity contribution is -0.127. The van der Waals surface area contributed by atoms with Gasteiger partial charge in [0.2, 0.25) is 17.6 Å². The number of nitrogens with one attached hydrogen (secondary N) is 2. The molecule has 1 fully saturated rings. The molecule has 0 spiro atoms. The van der Waals surface area contributed by atoms with E-state index in [0.29, 0.717) is 58.8 Å². The maximum absolute atomic E-state index is 11.9. The Morgan fingerprint density at radius 3 is 2.57 bits per heavy atom. The standard InChI is InChI=1S/C25H29N7O4S/c1-34-18-12-16(13-19(35-2)22(18)36-3)28-23-21-24(32(15-27-21)17-7-11-37-14-17)30-25(29-23)26-8-5-10-31-9-4-6-20(31)33/h7,11-15H,4-6,8-10H2,1-3H3,(H2,26,28,29,30). The molecule has 2 N–H and O–H groups in total. The molecule has 5 rings (SSSR count). The normalized spacial score (nSPS) is 13.3. The molecule has 0 atom stereocenters. The van der Waals surface area contributed by atoms with Crippen molar-refractivity contribution in [2.24, 2.45) is 0 Å². The van der Waals surface area contributed by atoms with E-state index in [1.54, 1.807) is 39.0 Å². The van der Waals surface area contributed by atoms with E-state index in [0.717, 1.165) is 31.6 Å². The Balaban J connectivity index is 1.45. The number of benzene rings is 1. The Labute approximate surface area is 218 Å². The number of thiophene rings is 1. The second kappa shape index (κ2) is 10.9. The molecule has 1 aliphatic heterocycles. The van der Waals surface area contributed by atoms with Crippen LogP contribution in [-0.2, 0) is 4.79 Å². The molecule has 12 heteroatoms. The fourth-order valence-corrected chi connectivity index (χ4v) is 4.98. The molecule has 4 heterocycles. The molecule has 4 aromatic rings. The number of carbonyl (C=O) groups is 1. The van der Waals surface area contributed by atoms with Gasteiger partial charge >= 0.3 is 0 Å². The summed E-state index contributed by atoms with van der Waals surface area (Å²) < 4.78 is 18.4. The van der Waals surface area contributed by atoms with Crippen LogP contribution >= 0.6 is 11.3 Å². The van der Waals surface area contributed by atoms with Gasteiger partial charge in [-0.2, -0.15) is 21.3 Å². The average molecular weight is 524 g/mol. The lowest BCUT2D eigenvalue weighted by atomic mass is 10.2. The predicted octanol–water partition coefficient (Wildman–Crippen LogP) is 4.07. The molecule has 1 saturated heterocycles. The topological polar surface area (TPSA) is 116 Å². The third-order valence-corrected chi connectivity index (χ3v) is 6.84. The maximum atomic E-state index is 11.9. The second-order valence-corrected chi connectivity index (χ2v) is 9.25. The first kappa shape index (κ1) is 24.6. The minimum atomic E-state index is 0.231. The van der Waals surface area contributed by atoms with Crippen LogP contribution in [0.1, 0.15) is 19.3 Å². The Hall–Kier alpha value is -4.06. The van der Waals surface area contributed by atoms with Crippen molar-refractivity contribution in [3.8, 4) is 22.9 Å². The molecule has 0 unspecified atom stereocenters. The van der Waals surface area contributed by atoms with E-state index in [2.05, 4.69) is 15.6 Å². The summed E-state index contributed by atoms with van der Waals surface area (Å²) in [5.41, 5.74) is 2.95. The number of anilines is 3. The van der Waals surface area contributed by atoms with Crippen LogP contribution in [0.3, 0.4) is 0 Å². The van der Waals surface area contributed by atoms with Crippen molar-refractivity contribution < 1.29 is 19.0 Å². The number of likely N-dealkylation sites (tertiary alicyclic amines) is 1. The quantitative estimate of drug-likeness (QED) is 0.281. The maximum Gasteiger partial charge on any atom is 0.226 e. The van der Waals surface area contributed by atoms with Crippen molar-refractivity contribution >= 4 is 45.9 Å². The van der Waals surface area contributed by atoms with Crippen molar-refractivity contribution in [1.29, 1.82) is 0 Å². The number of aromatic nitrogens is 4. The summed E-state index contributed by atoms with van der Waals surface area (Å²) in [6.07, 6.45) is 4.13. The number of carbonyl (C=O) groups excluding carboxylic acids is 1. The van der Waals surface area contributed by atoms with Gasteiger partial charge in [0.25, 0.3) is 0 Å². The molecule has 0 bridgehead atoms. The van der Waals surface area contributed by atoms with E-state index in [1.165, 1.54) is 0 Å². The van der Waals surface area contributed by atoms with Gasteiger partial charge in [-0.25, -0.2) is 4.98 Å². The predicted molar refractivity (Wildman–Crippen MR) is 143 cm³/mol. The molecule has 0 radical (unpaired) electrons. The van der Waals surface area contributed by atoms with Gasteiger partial charge in [0.05, 0.1) is 27.0 Å². The van der Waals surface area contributed by atoms with Crippen LogP contribution < -0.4 is 24.8 Å². The molecule has 1 amide bonds. The number of rotatable bonds is 11. The fraction of sp³-hybridized carbons (Fsp3) is 0.360. The Bertz CT molecular complexity index is 1360. The van der Waals surface area contributed by atoms with Crippen LogP contribution in [0.2, 0.25) is 0 Å². The van der Waals surface area contributed by atoms with Crippen molar-refractivity contribution in [2.75, 3.05) is 51.6 Å². The number of imidazole rings is 1. The summed E-state index contributed by atoms with van der Waals surface area (Å²) in [5, 5.41) is 10.7. The highest BCUT2D eigenvalue weighted by molar-refractivity contribution is 7.08. The molecule has 1 aliphatic rings. The fourth-order valence-electron chi connectivity index (χ4n) is 4.35. The number of hydrogen-bond acceptors (Lipinski definition) is 10. The van der Waals surface area contributed by atoms with Gasteiger partial charge in [0.1, 0.15) is 6.33 Å². The SMILES string of the molecule is COc1cc(Nc2nc(NCCCN3CCCC3=O)nc3c2ncn3-c2ccsc2)cc(OC)c1OC. The van der Waals surface area contributed by atoms with Gasteiger partial charge < -0.3 is 29.7 Å². The third kappa shape index (κ3) is 5.10. The molecule has 1 aromatic carbocycles. The third-order valence-electron chi connectivity index (χ3n) is 6.17. The van der Waals surface area contributed by atoms with Crippen LogP contribution in [-0.4, -0.2) is 71.3 Å². The molecule has 3 aromatic heterocycles. The molecule has 37 heavy (non-hydrogen) atoms. The summed E-state index contributed by atoms with van der Waals surface area (Å²) >= 11 is 1.60. The van der Waals surface area contributed by atoms with E-state index < -0.39 is 0 Å². The average Bonchev–Trinajstić information content (AvgIpc) is 3.67. The molecule has 0 saturated carbocycles. The zero-order valence-corrected chi connectivity index (χ0v) is 21.8. The number of amides is 1. The summed E-state index contributed by atoms with van der Waals surface area (Å²) in [4.78, 5) is 27.9. The Kier molecular flexibility index (Phi) is 7.26. The molecule has 0 aliphatic carbocycles. The first-order chi connectivity index (χ1) is 18.1. The van der Waals surface area contributed by atoms with Gasteiger partial charge in [-0.15, -0.1) is 0 Å². The number of fused-ring (bicyclic) bond motifs is 1. The summed E-state index contributed by atoms with van der Waals surface area (Å²) in [6, 6.07) is 5.64. The van der Waals surface area contributed by atoms with E-state index in [9.17, 15) is 4.79 Å². The minimum absolute atomic E-state index is 0.231. The van der Waals surface area contributed by atoms with Crippen molar-refractivity contribution in [3.63, 3.8) is 0 Å². The van der Waals surface area contributed by atoms with Crippen LogP contribution in [0.25, 0.3) is 16.9 Å². The van der Waals surface area contributed by atoms with Gasteiger partial charge in [0.15, 0.2) is 28.5 Å². The van der Waals surface area contributed by atoms with E-state index in [1.807, 2.05) is 38.4 Å². The van der Waals surface area contributed by atoms with Crippen molar-refractivity contribution in [3.05, 3.63) is 35.3 Å². The van der Waals surface area contributed by atoms with Crippen LogP contribution in [0.4, 0.5) is 17.5 Å². The summed E-state index contributed by atoms with van der Waals surface area (Å²) in [5.74, 6) is 2.78. The lowest BCUT2D eigenvalue weighted by Gasteiger charge is -2.16. The highest BCUT2D eigenvalue weighted by atomic mass is 32.1. The van der Waals surface area contributed by atoms with Gasteiger partial charge in [0, 0.05) is 49.3 Å². The first-order valence-electron chi connectivity index (χ1n) is 12.0. The highest BCUT2D eigenvalue weighted by Gasteiger charge is 2.20. The smallest absolute Gasteiger partial charge is 0.226 e. The monoisotopic (exact) mass is 523 g/mol. The molecule has 194 valence electrons. The second-order valence-electron chi connectivity index (χ2n) is 8.47. The number of methoxy groups -OCH3 is 3. The van der Waals surface area contributed by atoms with Gasteiger partial charge in [-0.05, 0) is 24.3 Å². The zero-order valence-electron chi connectivity index (χ0n) is 21.0. The van der Waals surface area contributed by atoms with Crippen molar-refractivity contribution in [1.82, 2.24) is 24.4 Å².